The lowest BCUT2D eigenvalue weighted by Crippen LogP contribution is -2.37. The smallest absolute Gasteiger partial charge is 0.242 e. The molecule has 3 amide bonds. The Morgan fingerprint density at radius 2 is 1.85 bits per heavy atom. The topological polar surface area (TPSA) is 125 Å². The number of anilines is 1. The molecule has 1 aromatic carbocycles. The fourth-order valence-electron chi connectivity index (χ4n) is 4.28. The van der Waals surface area contributed by atoms with Crippen molar-refractivity contribution >= 4 is 34.4 Å². The molecule has 0 aromatic heterocycles. The van der Waals surface area contributed by atoms with E-state index in [4.69, 9.17) is 0 Å². The highest BCUT2D eigenvalue weighted by molar-refractivity contribution is 7.91. The van der Waals surface area contributed by atoms with Gasteiger partial charge >= 0.3 is 0 Å². The lowest BCUT2D eigenvalue weighted by atomic mass is 10.2. The highest BCUT2D eigenvalue weighted by atomic mass is 32.2. The fraction of sp³-hybridized carbons (Fsp3) is 0.621. The van der Waals surface area contributed by atoms with E-state index in [9.17, 15) is 22.8 Å². The second-order valence-corrected chi connectivity index (χ2v) is 12.9. The molecule has 9 nitrogen and oxygen atoms in total. The maximum absolute atomic E-state index is 11.9. The van der Waals surface area contributed by atoms with Crippen LogP contribution in [0.1, 0.15) is 78.6 Å². The van der Waals surface area contributed by atoms with E-state index in [1.807, 2.05) is 40.0 Å². The lowest BCUT2D eigenvalue weighted by Gasteiger charge is -2.21. The van der Waals surface area contributed by atoms with Gasteiger partial charge in [-0.2, -0.15) is 0 Å². The number of amides is 3. The van der Waals surface area contributed by atoms with Crippen LogP contribution in [0.3, 0.4) is 0 Å². The zero-order valence-electron chi connectivity index (χ0n) is 23.6. The van der Waals surface area contributed by atoms with E-state index < -0.39 is 14.8 Å². The summed E-state index contributed by atoms with van der Waals surface area (Å²) in [6.45, 7) is 7.27. The van der Waals surface area contributed by atoms with Crippen LogP contribution in [0, 0.1) is 5.92 Å². The van der Waals surface area contributed by atoms with Crippen molar-refractivity contribution in [1.82, 2.24) is 14.9 Å². The number of nitrogens with one attached hydrogen (secondary N) is 3. The minimum absolute atomic E-state index is 0.203. The Balaban J connectivity index is 0.000000211. The molecule has 3 aliphatic rings. The predicted octanol–water partition coefficient (Wildman–Crippen LogP) is 3.98. The number of nitrogens with zero attached hydrogens (tertiary/aromatic N) is 1. The second-order valence-electron chi connectivity index (χ2n) is 10.7. The van der Waals surface area contributed by atoms with Crippen LogP contribution in [0.2, 0.25) is 0 Å². The number of benzene rings is 1. The SMILES string of the molecule is CC1(S(=O)(=O)NC=O)CC1.CCCCC/C=C\[C@@H]1C[C@H]1NC=O.C[C@@H]1CCCN1C(=O)CNc1ccccc1. The minimum Gasteiger partial charge on any atom is -0.376 e. The quantitative estimate of drug-likeness (QED) is 0.190. The predicted molar refractivity (Wildman–Crippen MR) is 155 cm³/mol. The number of carbonyl (C=O) groups excluding carboxylic acids is 3. The summed E-state index contributed by atoms with van der Waals surface area (Å²) in [6.07, 6.45) is 15.3. The monoisotopic (exact) mass is 562 g/mol. The van der Waals surface area contributed by atoms with Crippen molar-refractivity contribution in [3.63, 3.8) is 0 Å². The summed E-state index contributed by atoms with van der Waals surface area (Å²) in [5, 5.41) is 5.94. The summed E-state index contributed by atoms with van der Waals surface area (Å²) in [6, 6.07) is 10.7. The third-order valence-corrected chi connectivity index (χ3v) is 9.49. The van der Waals surface area contributed by atoms with E-state index in [2.05, 4.69) is 36.6 Å². The third-order valence-electron chi connectivity index (χ3n) is 7.38. The van der Waals surface area contributed by atoms with Crippen LogP contribution in [0.25, 0.3) is 0 Å². The average Bonchev–Trinajstić information content (AvgIpc) is 3.81. The molecule has 2 saturated carbocycles. The van der Waals surface area contributed by atoms with Crippen molar-refractivity contribution in [2.75, 3.05) is 18.4 Å². The van der Waals surface area contributed by atoms with E-state index >= 15 is 0 Å². The van der Waals surface area contributed by atoms with E-state index in [0.717, 1.165) is 37.9 Å². The zero-order chi connectivity index (χ0) is 28.7. The van der Waals surface area contributed by atoms with Crippen molar-refractivity contribution in [3.8, 4) is 0 Å². The molecule has 0 radical (unpaired) electrons. The van der Waals surface area contributed by atoms with Gasteiger partial charge in [0.25, 0.3) is 0 Å². The Hall–Kier alpha value is -2.88. The summed E-state index contributed by atoms with van der Waals surface area (Å²) in [5.41, 5.74) is 1.00. The molecule has 218 valence electrons. The molecule has 10 heteroatoms. The molecule has 4 rings (SSSR count). The number of carbonyl (C=O) groups is 3. The van der Waals surface area contributed by atoms with Crippen LogP contribution >= 0.6 is 0 Å². The molecule has 1 aromatic rings. The van der Waals surface area contributed by atoms with Crippen LogP contribution in [0.4, 0.5) is 5.69 Å². The van der Waals surface area contributed by atoms with Crippen molar-refractivity contribution in [3.05, 3.63) is 42.5 Å². The summed E-state index contributed by atoms with van der Waals surface area (Å²) >= 11 is 0. The summed E-state index contributed by atoms with van der Waals surface area (Å²) in [4.78, 5) is 33.7. The average molecular weight is 563 g/mol. The molecule has 2 aliphatic carbocycles. The van der Waals surface area contributed by atoms with Gasteiger partial charge in [-0.05, 0) is 76.8 Å². The highest BCUT2D eigenvalue weighted by Crippen LogP contribution is 2.41. The standard InChI is InChI=1S/C13H18N2O.C11H19NO.C5H9NO3S/c1-11-6-5-9-15(11)13(16)10-14-12-7-3-2-4-8-12;1-2-3-4-5-6-7-10-8-11(10)12-9-13;1-5(2-3-5)10(8,9)6-4-7/h2-4,7-8,11,14H,5-6,9-10H2,1H3;6-7,9-11H,2-5,8H2,1H3,(H,12,13);4H,2-3H2,1H3,(H,6,7)/b;7-6-;/t11-;10-,11-;/m11./s1. The number of hydrogen-bond acceptors (Lipinski definition) is 6. The van der Waals surface area contributed by atoms with Crippen molar-refractivity contribution in [1.29, 1.82) is 0 Å². The Morgan fingerprint density at radius 3 is 2.41 bits per heavy atom. The Kier molecular flexibility index (Phi) is 13.5. The first-order valence-corrected chi connectivity index (χ1v) is 15.6. The van der Waals surface area contributed by atoms with Gasteiger partial charge < -0.3 is 15.5 Å². The largest absolute Gasteiger partial charge is 0.376 e. The van der Waals surface area contributed by atoms with Gasteiger partial charge in [0.15, 0.2) is 0 Å². The Labute approximate surface area is 234 Å². The first-order chi connectivity index (χ1) is 18.7. The van der Waals surface area contributed by atoms with Gasteiger partial charge in [0.2, 0.25) is 28.8 Å². The summed E-state index contributed by atoms with van der Waals surface area (Å²) in [7, 11) is -3.35. The maximum atomic E-state index is 11.9. The van der Waals surface area contributed by atoms with Crippen LogP contribution in [-0.4, -0.2) is 62.0 Å². The molecule has 0 unspecified atom stereocenters. The molecule has 1 saturated heterocycles. The van der Waals surface area contributed by atoms with E-state index in [-0.39, 0.29) is 12.3 Å². The number of allylic oxidation sites excluding steroid dienone is 1. The Bertz CT molecular complexity index is 1030. The summed E-state index contributed by atoms with van der Waals surface area (Å²) in [5.74, 6) is 0.820. The number of rotatable bonds is 13. The molecule has 3 N–H and O–H groups in total. The molecule has 39 heavy (non-hydrogen) atoms. The van der Waals surface area contributed by atoms with Crippen molar-refractivity contribution in [2.24, 2.45) is 5.92 Å². The van der Waals surface area contributed by atoms with Gasteiger partial charge in [0.1, 0.15) is 0 Å². The maximum Gasteiger partial charge on any atom is 0.242 e. The highest BCUT2D eigenvalue weighted by Gasteiger charge is 2.50. The number of hydrogen-bond donors (Lipinski definition) is 3. The van der Waals surface area contributed by atoms with E-state index in [1.54, 1.807) is 6.92 Å². The summed E-state index contributed by atoms with van der Waals surface area (Å²) < 4.78 is 23.1. The Morgan fingerprint density at radius 1 is 1.13 bits per heavy atom. The normalized spacial score (nSPS) is 22.4. The molecule has 0 spiro atoms. The molecular formula is C29H46N4O5S. The van der Waals surface area contributed by atoms with Crippen LogP contribution in [0.15, 0.2) is 42.5 Å². The molecule has 0 bridgehead atoms. The molecule has 1 aliphatic heterocycles. The van der Waals surface area contributed by atoms with Gasteiger partial charge in [-0.1, -0.05) is 50.1 Å². The van der Waals surface area contributed by atoms with Crippen LogP contribution in [0.5, 0.6) is 0 Å². The van der Waals surface area contributed by atoms with Crippen molar-refractivity contribution < 1.29 is 22.8 Å². The van der Waals surface area contributed by atoms with Gasteiger partial charge in [-0.3, -0.25) is 19.1 Å². The first kappa shape index (κ1) is 32.3. The third kappa shape index (κ3) is 11.4. The van der Waals surface area contributed by atoms with Crippen LogP contribution in [-0.2, 0) is 24.4 Å². The molecular weight excluding hydrogens is 516 g/mol. The number of likely N-dealkylation sites (tertiary alicyclic amines) is 1. The van der Waals surface area contributed by atoms with Gasteiger partial charge in [0.05, 0.1) is 11.3 Å². The van der Waals surface area contributed by atoms with E-state index in [1.165, 1.54) is 25.7 Å². The fourth-order valence-corrected chi connectivity index (χ4v) is 5.33. The number of sulfonamides is 1. The van der Waals surface area contributed by atoms with Gasteiger partial charge in [-0.15, -0.1) is 0 Å². The van der Waals surface area contributed by atoms with Gasteiger partial charge in [-0.25, -0.2) is 8.42 Å². The van der Waals surface area contributed by atoms with Crippen LogP contribution < -0.4 is 15.4 Å². The molecule has 3 atom stereocenters. The zero-order valence-corrected chi connectivity index (χ0v) is 24.4. The minimum atomic E-state index is -3.35. The number of unbranched alkanes of at least 4 members (excludes halogenated alkanes) is 3. The van der Waals surface area contributed by atoms with Gasteiger partial charge in [0, 0.05) is 24.3 Å². The molecule has 1 heterocycles. The lowest BCUT2D eigenvalue weighted by molar-refractivity contribution is -0.129. The second kappa shape index (κ2) is 16.3. The van der Waals surface area contributed by atoms with Crippen molar-refractivity contribution in [2.45, 2.75) is 95.4 Å². The first-order valence-electron chi connectivity index (χ1n) is 14.1. The number of para-hydroxylation sites is 1. The molecule has 3 fully saturated rings. The van der Waals surface area contributed by atoms with E-state index in [0.29, 0.717) is 37.4 Å².